The van der Waals surface area contributed by atoms with E-state index in [1.54, 1.807) is 32.4 Å². The Bertz CT molecular complexity index is 1160. The predicted molar refractivity (Wildman–Crippen MR) is 132 cm³/mol. The van der Waals surface area contributed by atoms with Gasteiger partial charge < -0.3 is 19.1 Å². The van der Waals surface area contributed by atoms with Gasteiger partial charge in [-0.15, -0.1) is 0 Å². The second-order valence-corrected chi connectivity index (χ2v) is 9.33. The zero-order valence-corrected chi connectivity index (χ0v) is 20.1. The number of methoxy groups -OCH3 is 2. The third-order valence-electron chi connectivity index (χ3n) is 7.44. The fourth-order valence-electron chi connectivity index (χ4n) is 5.69. The second-order valence-electron chi connectivity index (χ2n) is 9.33. The molecule has 2 aliphatic rings. The second kappa shape index (κ2) is 10.3. The Hall–Kier alpha value is -2.96. The molecule has 0 radical (unpaired) electrons. The highest BCUT2D eigenvalue weighted by Gasteiger charge is 2.35. The van der Waals surface area contributed by atoms with Gasteiger partial charge in [0.25, 0.3) is 0 Å². The average Bonchev–Trinajstić information content (AvgIpc) is 2.89. The molecule has 2 heterocycles. The van der Waals surface area contributed by atoms with Gasteiger partial charge in [-0.1, -0.05) is 42.5 Å². The summed E-state index contributed by atoms with van der Waals surface area (Å²) in [5.41, 5.74) is 2.96. The third-order valence-corrected chi connectivity index (χ3v) is 7.44. The number of hydrogen-bond acceptors (Lipinski definition) is 4. The third kappa shape index (κ3) is 4.65. The average molecular weight is 480 g/mol. The lowest BCUT2D eigenvalue weighted by Gasteiger charge is -2.37. The summed E-state index contributed by atoms with van der Waals surface area (Å²) in [6.07, 6.45) is 1.51. The van der Waals surface area contributed by atoms with Gasteiger partial charge in [-0.05, 0) is 48.2 Å². The van der Waals surface area contributed by atoms with E-state index in [1.807, 2.05) is 42.5 Å². The number of fused-ring (bicyclic) bond motifs is 1. The molecule has 35 heavy (non-hydrogen) atoms. The van der Waals surface area contributed by atoms with E-state index in [0.29, 0.717) is 23.8 Å². The van der Waals surface area contributed by atoms with Gasteiger partial charge in [0.05, 0.1) is 12.3 Å². The summed E-state index contributed by atoms with van der Waals surface area (Å²) >= 11 is 0. The van der Waals surface area contributed by atoms with E-state index in [-0.39, 0.29) is 29.8 Å². The van der Waals surface area contributed by atoms with Crippen molar-refractivity contribution in [1.82, 2.24) is 0 Å². The molecule has 0 amide bonds. The number of ether oxygens (including phenoxy) is 3. The number of anilines is 1. The quantitative estimate of drug-likeness (QED) is 0.399. The van der Waals surface area contributed by atoms with E-state index >= 15 is 4.39 Å². The van der Waals surface area contributed by atoms with Crippen molar-refractivity contribution >= 4 is 5.69 Å². The fraction of sp³-hybridized carbons (Fsp3) is 0.379. The number of nitrogens with zero attached hydrogens (tertiary/aromatic N) is 1. The number of halogens is 2. The van der Waals surface area contributed by atoms with E-state index < -0.39 is 0 Å². The van der Waals surface area contributed by atoms with Crippen molar-refractivity contribution in [2.45, 2.75) is 31.0 Å². The zero-order valence-electron chi connectivity index (χ0n) is 20.1. The Morgan fingerprint density at radius 2 is 1.54 bits per heavy atom. The number of rotatable bonds is 6. The van der Waals surface area contributed by atoms with Gasteiger partial charge >= 0.3 is 0 Å². The van der Waals surface area contributed by atoms with Crippen molar-refractivity contribution in [3.8, 4) is 5.75 Å². The van der Waals surface area contributed by atoms with Crippen molar-refractivity contribution in [3.63, 3.8) is 0 Å². The Morgan fingerprint density at radius 1 is 0.857 bits per heavy atom. The van der Waals surface area contributed by atoms with Crippen LogP contribution in [0.3, 0.4) is 0 Å². The molecule has 0 bridgehead atoms. The van der Waals surface area contributed by atoms with Gasteiger partial charge in [0, 0.05) is 50.6 Å². The highest BCUT2D eigenvalue weighted by atomic mass is 19.1. The first-order chi connectivity index (χ1) is 17.1. The Balaban J connectivity index is 1.44. The van der Waals surface area contributed by atoms with E-state index in [0.717, 1.165) is 42.8 Å². The lowest BCUT2D eigenvalue weighted by atomic mass is 9.75. The largest absolute Gasteiger partial charge is 0.493 e. The minimum absolute atomic E-state index is 0.213. The molecule has 2 atom stereocenters. The lowest BCUT2D eigenvalue weighted by Crippen LogP contribution is -2.39. The van der Waals surface area contributed by atoms with Crippen molar-refractivity contribution in [2.24, 2.45) is 5.92 Å². The molecular formula is C29H31F2NO3. The predicted octanol–water partition coefficient (Wildman–Crippen LogP) is 6.11. The first-order valence-corrected chi connectivity index (χ1v) is 12.2. The zero-order chi connectivity index (χ0) is 24.4. The molecule has 2 aliphatic heterocycles. The molecule has 184 valence electrons. The van der Waals surface area contributed by atoms with E-state index in [2.05, 4.69) is 4.90 Å². The summed E-state index contributed by atoms with van der Waals surface area (Å²) in [5.74, 6) is 0.0665. The summed E-state index contributed by atoms with van der Waals surface area (Å²) < 4.78 is 47.2. The van der Waals surface area contributed by atoms with Gasteiger partial charge in [-0.2, -0.15) is 0 Å². The Morgan fingerprint density at radius 3 is 2.23 bits per heavy atom. The van der Waals surface area contributed by atoms with E-state index in [1.165, 1.54) is 6.07 Å². The van der Waals surface area contributed by atoms with E-state index in [4.69, 9.17) is 14.2 Å². The number of benzene rings is 3. The summed E-state index contributed by atoms with van der Waals surface area (Å²) in [5, 5.41) is 0. The molecule has 1 fully saturated rings. The van der Waals surface area contributed by atoms with Crippen LogP contribution in [0.5, 0.6) is 5.75 Å². The number of piperidine rings is 1. The van der Waals surface area contributed by atoms with Crippen LogP contribution in [0.15, 0.2) is 66.7 Å². The van der Waals surface area contributed by atoms with Crippen molar-refractivity contribution in [1.29, 1.82) is 0 Å². The molecule has 0 aromatic heterocycles. The van der Waals surface area contributed by atoms with Gasteiger partial charge in [0.2, 0.25) is 0 Å². The Labute approximate surface area is 205 Å². The van der Waals surface area contributed by atoms with Crippen LogP contribution in [-0.2, 0) is 9.47 Å². The monoisotopic (exact) mass is 479 g/mol. The van der Waals surface area contributed by atoms with E-state index in [9.17, 15) is 4.39 Å². The van der Waals surface area contributed by atoms with Crippen molar-refractivity contribution in [2.75, 3.05) is 38.8 Å². The highest BCUT2D eigenvalue weighted by molar-refractivity contribution is 5.54. The SMILES string of the molecule is COC(OC)C1CCN(c2ccc([C@H]3c4ccccc4OC[C@H]3c3ccccc3F)cc2F)CC1. The summed E-state index contributed by atoms with van der Waals surface area (Å²) in [6.45, 7) is 1.81. The van der Waals surface area contributed by atoms with Crippen molar-refractivity contribution in [3.05, 3.63) is 95.1 Å². The maximum atomic E-state index is 15.6. The molecule has 3 aromatic carbocycles. The topological polar surface area (TPSA) is 30.9 Å². The minimum Gasteiger partial charge on any atom is -0.493 e. The molecular weight excluding hydrogens is 448 g/mol. The van der Waals surface area contributed by atoms with Crippen LogP contribution in [0.4, 0.5) is 14.5 Å². The number of para-hydroxylation sites is 1. The van der Waals surface area contributed by atoms with Crippen LogP contribution in [0.2, 0.25) is 0 Å². The summed E-state index contributed by atoms with van der Waals surface area (Å²) in [4.78, 5) is 2.09. The maximum Gasteiger partial charge on any atom is 0.159 e. The number of hydrogen-bond donors (Lipinski definition) is 0. The van der Waals surface area contributed by atoms with Crippen LogP contribution < -0.4 is 9.64 Å². The summed E-state index contributed by atoms with van der Waals surface area (Å²) in [6, 6.07) is 20.0. The van der Waals surface area contributed by atoms with Gasteiger partial charge in [-0.3, -0.25) is 0 Å². The van der Waals surface area contributed by atoms with Crippen molar-refractivity contribution < 1.29 is 23.0 Å². The summed E-state index contributed by atoms with van der Waals surface area (Å²) in [7, 11) is 3.31. The molecule has 0 aliphatic carbocycles. The fourth-order valence-corrected chi connectivity index (χ4v) is 5.69. The van der Waals surface area contributed by atoms with Crippen LogP contribution in [0.25, 0.3) is 0 Å². The minimum atomic E-state index is -0.268. The molecule has 0 saturated carbocycles. The molecule has 1 saturated heterocycles. The molecule has 6 heteroatoms. The van der Waals surface area contributed by atoms with Gasteiger partial charge in [0.15, 0.2) is 6.29 Å². The van der Waals surface area contributed by atoms with Crippen LogP contribution >= 0.6 is 0 Å². The van der Waals surface area contributed by atoms with Crippen LogP contribution in [0, 0.1) is 17.6 Å². The molecule has 0 unspecified atom stereocenters. The lowest BCUT2D eigenvalue weighted by molar-refractivity contribution is -0.141. The highest BCUT2D eigenvalue weighted by Crippen LogP contribution is 2.47. The molecule has 0 N–H and O–H groups in total. The van der Waals surface area contributed by atoms with Crippen LogP contribution in [-0.4, -0.2) is 40.2 Å². The standard InChI is InChI=1S/C29H31F2NO3/c1-33-29(34-2)19-13-15-32(16-14-19)26-12-11-20(17-25(26)31)28-22-8-4-6-10-27(22)35-18-23(28)21-7-3-5-9-24(21)30/h3-12,17,19,23,28-29H,13-16,18H2,1-2H3/t23-,28-/m0/s1. The molecule has 3 aromatic rings. The first kappa shape index (κ1) is 23.8. The normalized spacial score (nSPS) is 20.5. The van der Waals surface area contributed by atoms with Gasteiger partial charge in [-0.25, -0.2) is 8.78 Å². The maximum absolute atomic E-state index is 15.6. The smallest absolute Gasteiger partial charge is 0.159 e. The molecule has 0 spiro atoms. The molecule has 5 rings (SSSR count). The first-order valence-electron chi connectivity index (χ1n) is 12.2. The Kier molecular flexibility index (Phi) is 7.02. The molecule has 4 nitrogen and oxygen atoms in total. The van der Waals surface area contributed by atoms with Crippen LogP contribution in [0.1, 0.15) is 41.4 Å². The van der Waals surface area contributed by atoms with Gasteiger partial charge in [0.1, 0.15) is 17.4 Å².